The second kappa shape index (κ2) is 3.60. The first-order valence-corrected chi connectivity index (χ1v) is 2.97. The second-order valence-corrected chi connectivity index (χ2v) is 2.00. The van der Waals surface area contributed by atoms with Gasteiger partial charge >= 0.3 is 4.61 Å². The monoisotopic (exact) mass is 179 g/mol. The topological polar surface area (TPSA) is 43.1 Å². The second-order valence-electron chi connectivity index (χ2n) is 1.19. The summed E-state index contributed by atoms with van der Waals surface area (Å²) in [6.07, 6.45) is 2.18. The van der Waals surface area contributed by atoms with Crippen LogP contribution in [0.2, 0.25) is 0 Å². The molecule has 46 valence electrons. The molecular formula is C4H6BrNO2. The van der Waals surface area contributed by atoms with Crippen LogP contribution < -0.4 is 0 Å². The highest BCUT2D eigenvalue weighted by atomic mass is 79.9. The van der Waals surface area contributed by atoms with E-state index in [9.17, 15) is 10.1 Å². The molecule has 0 aliphatic heterocycles. The van der Waals surface area contributed by atoms with E-state index in [2.05, 4.69) is 15.9 Å². The zero-order chi connectivity index (χ0) is 6.57. The summed E-state index contributed by atoms with van der Waals surface area (Å²) in [6.45, 7) is 1.84. The fourth-order valence-electron chi connectivity index (χ4n) is 0.243. The molecule has 0 saturated carbocycles. The largest absolute Gasteiger partial charge is 0.306 e. The molecule has 0 atom stereocenters. The standard InChI is InChI=1S/C4H6BrNO2/c1-2-3-4(5)6(7)8/h3H,2H2,1H3/b4-3+. The van der Waals surface area contributed by atoms with E-state index in [0.29, 0.717) is 6.42 Å². The van der Waals surface area contributed by atoms with Crippen LogP contribution in [0, 0.1) is 10.1 Å². The van der Waals surface area contributed by atoms with Gasteiger partial charge in [-0.15, -0.1) is 0 Å². The summed E-state index contributed by atoms with van der Waals surface area (Å²) in [7, 11) is 0. The summed E-state index contributed by atoms with van der Waals surface area (Å²) in [6, 6.07) is 0. The average molecular weight is 180 g/mol. The minimum absolute atomic E-state index is 0.0417. The molecule has 0 aliphatic rings. The van der Waals surface area contributed by atoms with E-state index in [1.54, 1.807) is 0 Å². The Morgan fingerprint density at radius 2 is 2.50 bits per heavy atom. The summed E-state index contributed by atoms with van der Waals surface area (Å²) in [4.78, 5) is 9.31. The fourth-order valence-corrected chi connectivity index (χ4v) is 0.567. The highest BCUT2D eigenvalue weighted by Crippen LogP contribution is 2.04. The third kappa shape index (κ3) is 2.74. The van der Waals surface area contributed by atoms with Gasteiger partial charge < -0.3 is 0 Å². The number of allylic oxidation sites excluding steroid dienone is 1. The van der Waals surface area contributed by atoms with E-state index in [0.717, 1.165) is 0 Å². The molecule has 0 aliphatic carbocycles. The molecule has 0 amide bonds. The Morgan fingerprint density at radius 1 is 2.00 bits per heavy atom. The number of nitrogens with zero attached hydrogens (tertiary/aromatic N) is 1. The van der Waals surface area contributed by atoms with Crippen LogP contribution >= 0.6 is 15.9 Å². The molecule has 0 unspecified atom stereocenters. The van der Waals surface area contributed by atoms with Crippen molar-refractivity contribution in [3.63, 3.8) is 0 Å². The fraction of sp³-hybridized carbons (Fsp3) is 0.500. The molecule has 0 N–H and O–H groups in total. The molecule has 0 spiro atoms. The molecule has 0 fully saturated rings. The maximum Gasteiger partial charge on any atom is 0.306 e. The molecule has 0 aromatic rings. The lowest BCUT2D eigenvalue weighted by Gasteiger charge is -1.82. The zero-order valence-corrected chi connectivity index (χ0v) is 6.01. The van der Waals surface area contributed by atoms with Crippen LogP contribution in [0.25, 0.3) is 0 Å². The van der Waals surface area contributed by atoms with E-state index in [-0.39, 0.29) is 4.61 Å². The predicted octanol–water partition coefficient (Wildman–Crippen LogP) is 1.91. The van der Waals surface area contributed by atoms with Gasteiger partial charge in [-0.25, -0.2) is 0 Å². The molecule has 0 bridgehead atoms. The van der Waals surface area contributed by atoms with Crippen molar-refractivity contribution >= 4 is 15.9 Å². The van der Waals surface area contributed by atoms with Crippen LogP contribution in [-0.2, 0) is 0 Å². The molecule has 0 aromatic carbocycles. The highest BCUT2D eigenvalue weighted by Gasteiger charge is 1.99. The lowest BCUT2D eigenvalue weighted by Crippen LogP contribution is -1.88. The van der Waals surface area contributed by atoms with Crippen molar-refractivity contribution in [1.29, 1.82) is 0 Å². The van der Waals surface area contributed by atoms with Gasteiger partial charge in [-0.05, 0) is 6.42 Å². The van der Waals surface area contributed by atoms with Crippen molar-refractivity contribution < 1.29 is 4.92 Å². The quantitative estimate of drug-likeness (QED) is 0.370. The first-order valence-electron chi connectivity index (χ1n) is 2.18. The molecule has 0 heterocycles. The van der Waals surface area contributed by atoms with Gasteiger partial charge in [0.05, 0.1) is 4.92 Å². The Balaban J connectivity index is 3.80. The molecular weight excluding hydrogens is 174 g/mol. The Labute approximate surface area is 55.7 Å². The third-order valence-electron chi connectivity index (χ3n) is 0.547. The Morgan fingerprint density at radius 3 is 2.62 bits per heavy atom. The van der Waals surface area contributed by atoms with Crippen molar-refractivity contribution in [1.82, 2.24) is 0 Å². The molecule has 0 radical (unpaired) electrons. The number of nitro groups is 1. The van der Waals surface area contributed by atoms with Gasteiger partial charge in [0.2, 0.25) is 0 Å². The summed E-state index contributed by atoms with van der Waals surface area (Å²) in [5.41, 5.74) is 0. The Hall–Kier alpha value is -0.380. The number of halogens is 1. The number of hydrogen-bond donors (Lipinski definition) is 0. The molecule has 3 nitrogen and oxygen atoms in total. The Kier molecular flexibility index (Phi) is 3.43. The van der Waals surface area contributed by atoms with Crippen LogP contribution in [0.1, 0.15) is 13.3 Å². The summed E-state index contributed by atoms with van der Waals surface area (Å²) < 4.78 is 0.0417. The van der Waals surface area contributed by atoms with E-state index in [4.69, 9.17) is 0 Å². The van der Waals surface area contributed by atoms with E-state index in [1.807, 2.05) is 6.92 Å². The van der Waals surface area contributed by atoms with Gasteiger partial charge in [-0.1, -0.05) is 6.92 Å². The van der Waals surface area contributed by atoms with Gasteiger partial charge in [0.25, 0.3) is 0 Å². The zero-order valence-electron chi connectivity index (χ0n) is 4.43. The maximum atomic E-state index is 9.78. The number of hydrogen-bond acceptors (Lipinski definition) is 2. The van der Waals surface area contributed by atoms with Gasteiger partial charge in [0.15, 0.2) is 0 Å². The van der Waals surface area contributed by atoms with E-state index in [1.165, 1.54) is 6.08 Å². The first kappa shape index (κ1) is 7.62. The molecule has 0 rings (SSSR count). The molecule has 4 heteroatoms. The van der Waals surface area contributed by atoms with Crippen LogP contribution in [0.5, 0.6) is 0 Å². The normalized spacial score (nSPS) is 11.5. The summed E-state index contributed by atoms with van der Waals surface area (Å²) >= 11 is 2.76. The highest BCUT2D eigenvalue weighted by molar-refractivity contribution is 9.11. The SMILES string of the molecule is CC/C=C(\Br)[N+](=O)[O-]. The minimum Gasteiger partial charge on any atom is -0.258 e. The number of rotatable bonds is 2. The smallest absolute Gasteiger partial charge is 0.258 e. The van der Waals surface area contributed by atoms with Crippen molar-refractivity contribution in [2.24, 2.45) is 0 Å². The van der Waals surface area contributed by atoms with Crippen LogP contribution in [0.4, 0.5) is 0 Å². The van der Waals surface area contributed by atoms with E-state index < -0.39 is 4.92 Å². The van der Waals surface area contributed by atoms with Crippen LogP contribution in [0.15, 0.2) is 10.7 Å². The predicted molar refractivity (Wildman–Crippen MR) is 34.3 cm³/mol. The summed E-state index contributed by atoms with van der Waals surface area (Å²) in [5.74, 6) is 0. The lowest BCUT2D eigenvalue weighted by atomic mass is 10.5. The third-order valence-corrected chi connectivity index (χ3v) is 1.16. The Bertz CT molecular complexity index is 121. The average Bonchev–Trinajstić information content (AvgIpc) is 1.67. The molecule has 0 saturated heterocycles. The van der Waals surface area contributed by atoms with Crippen molar-refractivity contribution in [2.45, 2.75) is 13.3 Å². The van der Waals surface area contributed by atoms with Gasteiger partial charge in [0.1, 0.15) is 0 Å². The van der Waals surface area contributed by atoms with Gasteiger partial charge in [-0.2, -0.15) is 0 Å². The lowest BCUT2D eigenvalue weighted by molar-refractivity contribution is -0.409. The summed E-state index contributed by atoms with van der Waals surface area (Å²) in [5, 5.41) is 9.78. The van der Waals surface area contributed by atoms with Crippen molar-refractivity contribution in [3.8, 4) is 0 Å². The minimum atomic E-state index is -0.469. The van der Waals surface area contributed by atoms with Crippen LogP contribution in [0.3, 0.4) is 0 Å². The van der Waals surface area contributed by atoms with Gasteiger partial charge in [0, 0.05) is 22.0 Å². The van der Waals surface area contributed by atoms with Crippen LogP contribution in [-0.4, -0.2) is 4.92 Å². The maximum absolute atomic E-state index is 9.78. The molecule has 8 heavy (non-hydrogen) atoms. The molecule has 0 aromatic heterocycles. The van der Waals surface area contributed by atoms with E-state index >= 15 is 0 Å². The first-order chi connectivity index (χ1) is 3.68. The van der Waals surface area contributed by atoms with Crippen molar-refractivity contribution in [3.05, 3.63) is 20.8 Å². The van der Waals surface area contributed by atoms with Crippen molar-refractivity contribution in [2.75, 3.05) is 0 Å². The van der Waals surface area contributed by atoms with Gasteiger partial charge in [-0.3, -0.25) is 10.1 Å².